The summed E-state index contributed by atoms with van der Waals surface area (Å²) < 4.78 is 5.26. The molecular formula is C10H18O2. The molecule has 0 aromatic rings. The van der Waals surface area contributed by atoms with Crippen LogP contribution in [0.4, 0.5) is 0 Å². The summed E-state index contributed by atoms with van der Waals surface area (Å²) in [6.07, 6.45) is 6.03. The van der Waals surface area contributed by atoms with Gasteiger partial charge in [-0.3, -0.25) is 0 Å². The molecule has 0 amide bonds. The number of fused-ring (bicyclic) bond motifs is 1. The van der Waals surface area contributed by atoms with E-state index >= 15 is 0 Å². The first-order valence-corrected chi connectivity index (χ1v) is 5.02. The molecule has 0 spiro atoms. The molecular weight excluding hydrogens is 152 g/mol. The first-order chi connectivity index (χ1) is 5.81. The Morgan fingerprint density at radius 1 is 1.17 bits per heavy atom. The zero-order valence-corrected chi connectivity index (χ0v) is 7.70. The van der Waals surface area contributed by atoms with Gasteiger partial charge in [0.1, 0.15) is 0 Å². The molecule has 0 aromatic heterocycles. The third-order valence-corrected chi connectivity index (χ3v) is 3.63. The summed E-state index contributed by atoms with van der Waals surface area (Å²) >= 11 is 0. The Bertz CT molecular complexity index is 158. The first kappa shape index (κ1) is 8.52. The molecule has 2 rings (SSSR count). The van der Waals surface area contributed by atoms with Crippen LogP contribution >= 0.6 is 0 Å². The Hall–Kier alpha value is -0.0800. The van der Waals surface area contributed by atoms with Crippen LogP contribution in [0.5, 0.6) is 0 Å². The minimum absolute atomic E-state index is 0.115. The predicted molar refractivity (Wildman–Crippen MR) is 46.9 cm³/mol. The molecule has 0 aromatic carbocycles. The molecule has 2 nitrogen and oxygen atoms in total. The van der Waals surface area contributed by atoms with Crippen molar-refractivity contribution in [1.82, 2.24) is 0 Å². The average molecular weight is 170 g/mol. The maximum absolute atomic E-state index is 9.69. The van der Waals surface area contributed by atoms with Crippen LogP contribution < -0.4 is 0 Å². The Morgan fingerprint density at radius 3 is 2.50 bits per heavy atom. The van der Waals surface area contributed by atoms with Gasteiger partial charge in [-0.2, -0.15) is 0 Å². The average Bonchev–Trinajstić information content (AvgIpc) is 2.49. The second kappa shape index (κ2) is 3.35. The lowest BCUT2D eigenvalue weighted by atomic mass is 9.78. The van der Waals surface area contributed by atoms with E-state index in [9.17, 15) is 5.11 Å². The van der Waals surface area contributed by atoms with Crippen LogP contribution in [-0.2, 0) is 4.74 Å². The minimum atomic E-state index is -0.200. The Labute approximate surface area is 73.9 Å². The lowest BCUT2D eigenvalue weighted by Crippen LogP contribution is -2.38. The molecule has 0 bridgehead atoms. The van der Waals surface area contributed by atoms with Gasteiger partial charge in [0.25, 0.3) is 0 Å². The van der Waals surface area contributed by atoms with Gasteiger partial charge in [0.05, 0.1) is 12.2 Å². The molecule has 0 aliphatic heterocycles. The van der Waals surface area contributed by atoms with Crippen molar-refractivity contribution < 1.29 is 9.84 Å². The van der Waals surface area contributed by atoms with E-state index < -0.39 is 0 Å². The molecule has 2 aliphatic rings. The second-order valence-corrected chi connectivity index (χ2v) is 4.26. The fourth-order valence-corrected chi connectivity index (χ4v) is 2.90. The summed E-state index contributed by atoms with van der Waals surface area (Å²) in [5.41, 5.74) is 0. The van der Waals surface area contributed by atoms with E-state index in [-0.39, 0.29) is 12.2 Å². The van der Waals surface area contributed by atoms with E-state index in [1.54, 1.807) is 7.11 Å². The van der Waals surface area contributed by atoms with Crippen LogP contribution in [0.25, 0.3) is 0 Å². The van der Waals surface area contributed by atoms with Gasteiger partial charge in [-0.15, -0.1) is 0 Å². The van der Waals surface area contributed by atoms with E-state index in [1.807, 2.05) is 0 Å². The topological polar surface area (TPSA) is 29.5 Å². The molecule has 12 heavy (non-hydrogen) atoms. The summed E-state index contributed by atoms with van der Waals surface area (Å²) in [4.78, 5) is 0. The Kier molecular flexibility index (Phi) is 2.37. The van der Waals surface area contributed by atoms with Gasteiger partial charge in [-0.1, -0.05) is 19.3 Å². The zero-order valence-electron chi connectivity index (χ0n) is 7.70. The number of hydrogen-bond acceptors (Lipinski definition) is 2. The molecule has 1 N–H and O–H groups in total. The van der Waals surface area contributed by atoms with Gasteiger partial charge in [0, 0.05) is 7.11 Å². The predicted octanol–water partition coefficient (Wildman–Crippen LogP) is 1.57. The SMILES string of the molecule is COC1CC2CCCC2CC1O. The van der Waals surface area contributed by atoms with Crippen LogP contribution in [-0.4, -0.2) is 24.4 Å². The standard InChI is InChI=1S/C10H18O2/c1-12-10-6-8-4-2-3-7(8)5-9(10)11/h7-11H,2-6H2,1H3. The van der Waals surface area contributed by atoms with Gasteiger partial charge in [-0.25, -0.2) is 0 Å². The monoisotopic (exact) mass is 170 g/mol. The van der Waals surface area contributed by atoms with Gasteiger partial charge in [-0.05, 0) is 24.7 Å². The molecule has 4 unspecified atom stereocenters. The summed E-state index contributed by atoms with van der Waals surface area (Å²) in [6.45, 7) is 0. The highest BCUT2D eigenvalue weighted by Crippen LogP contribution is 2.42. The van der Waals surface area contributed by atoms with E-state index in [0.29, 0.717) is 0 Å². The molecule has 2 aliphatic carbocycles. The third-order valence-electron chi connectivity index (χ3n) is 3.63. The molecule has 2 heteroatoms. The largest absolute Gasteiger partial charge is 0.390 e. The lowest BCUT2D eigenvalue weighted by molar-refractivity contribution is -0.0633. The highest BCUT2D eigenvalue weighted by molar-refractivity contribution is 4.89. The molecule has 2 fully saturated rings. The van der Waals surface area contributed by atoms with E-state index in [1.165, 1.54) is 19.3 Å². The van der Waals surface area contributed by atoms with Crippen molar-refractivity contribution in [2.24, 2.45) is 11.8 Å². The van der Waals surface area contributed by atoms with Crippen LogP contribution in [0.1, 0.15) is 32.1 Å². The van der Waals surface area contributed by atoms with Crippen molar-refractivity contribution in [3.05, 3.63) is 0 Å². The number of rotatable bonds is 1. The third kappa shape index (κ3) is 1.38. The van der Waals surface area contributed by atoms with E-state index in [4.69, 9.17) is 4.74 Å². The fourth-order valence-electron chi connectivity index (χ4n) is 2.90. The smallest absolute Gasteiger partial charge is 0.0833 e. The van der Waals surface area contributed by atoms with Crippen molar-refractivity contribution in [3.63, 3.8) is 0 Å². The summed E-state index contributed by atoms with van der Waals surface area (Å²) in [7, 11) is 1.71. The number of ether oxygens (including phenoxy) is 1. The van der Waals surface area contributed by atoms with Gasteiger partial charge in [0.2, 0.25) is 0 Å². The zero-order chi connectivity index (χ0) is 8.55. The molecule has 0 radical (unpaired) electrons. The summed E-state index contributed by atoms with van der Waals surface area (Å²) in [5, 5.41) is 9.69. The molecule has 70 valence electrons. The van der Waals surface area contributed by atoms with Crippen molar-refractivity contribution in [3.8, 4) is 0 Å². The number of aliphatic hydroxyl groups is 1. The van der Waals surface area contributed by atoms with Crippen LogP contribution in [0.3, 0.4) is 0 Å². The highest BCUT2D eigenvalue weighted by atomic mass is 16.5. The van der Waals surface area contributed by atoms with Gasteiger partial charge < -0.3 is 9.84 Å². The quantitative estimate of drug-likeness (QED) is 0.647. The van der Waals surface area contributed by atoms with Crippen LogP contribution in [0.2, 0.25) is 0 Å². The number of hydrogen-bond donors (Lipinski definition) is 1. The number of aliphatic hydroxyl groups excluding tert-OH is 1. The maximum atomic E-state index is 9.69. The maximum Gasteiger partial charge on any atom is 0.0833 e. The van der Waals surface area contributed by atoms with Crippen LogP contribution in [0, 0.1) is 11.8 Å². The van der Waals surface area contributed by atoms with Crippen molar-refractivity contribution in [1.29, 1.82) is 0 Å². The van der Waals surface area contributed by atoms with Gasteiger partial charge in [0.15, 0.2) is 0 Å². The van der Waals surface area contributed by atoms with Crippen LogP contribution in [0.15, 0.2) is 0 Å². The minimum Gasteiger partial charge on any atom is -0.390 e. The summed E-state index contributed by atoms with van der Waals surface area (Å²) in [5.74, 6) is 1.64. The molecule has 0 heterocycles. The van der Waals surface area contributed by atoms with E-state index in [2.05, 4.69) is 0 Å². The lowest BCUT2D eigenvalue weighted by Gasteiger charge is -2.34. The highest BCUT2D eigenvalue weighted by Gasteiger charge is 2.38. The van der Waals surface area contributed by atoms with E-state index in [0.717, 1.165) is 24.7 Å². The Balaban J connectivity index is 1.98. The second-order valence-electron chi connectivity index (χ2n) is 4.26. The number of methoxy groups -OCH3 is 1. The van der Waals surface area contributed by atoms with Crippen molar-refractivity contribution >= 4 is 0 Å². The molecule has 0 saturated heterocycles. The molecule has 4 atom stereocenters. The fraction of sp³-hybridized carbons (Fsp3) is 1.00. The molecule has 2 saturated carbocycles. The van der Waals surface area contributed by atoms with Crippen molar-refractivity contribution in [2.45, 2.75) is 44.3 Å². The van der Waals surface area contributed by atoms with Crippen molar-refractivity contribution in [2.75, 3.05) is 7.11 Å². The normalized spacial score (nSPS) is 47.5. The Morgan fingerprint density at radius 2 is 1.83 bits per heavy atom. The first-order valence-electron chi connectivity index (χ1n) is 5.02. The summed E-state index contributed by atoms with van der Waals surface area (Å²) in [6, 6.07) is 0. The van der Waals surface area contributed by atoms with Gasteiger partial charge >= 0.3 is 0 Å².